The number of hydrogen-bond acceptors (Lipinski definition) is 7. The molecule has 0 radical (unpaired) electrons. The molecule has 1 N–H and O–H groups in total. The molecular weight excluding hydrogens is 588 g/mol. The average molecular weight is 629 g/mol. The van der Waals surface area contributed by atoms with Crippen molar-refractivity contribution in [1.82, 2.24) is 20.0 Å². The van der Waals surface area contributed by atoms with Crippen LogP contribution in [0.25, 0.3) is 0 Å². The fourth-order valence-electron chi connectivity index (χ4n) is 4.77. The summed E-state index contributed by atoms with van der Waals surface area (Å²) in [4.78, 5) is 43.5. The van der Waals surface area contributed by atoms with Gasteiger partial charge in [-0.2, -0.15) is 0 Å². The van der Waals surface area contributed by atoms with Crippen LogP contribution in [0.4, 0.5) is 4.39 Å². The van der Waals surface area contributed by atoms with E-state index >= 15 is 0 Å². The number of amides is 3. The zero-order valence-corrected chi connectivity index (χ0v) is 27.1. The quantitative estimate of drug-likeness (QED) is 0.348. The van der Waals surface area contributed by atoms with Crippen LogP contribution in [0.1, 0.15) is 29.8 Å². The lowest BCUT2D eigenvalue weighted by molar-refractivity contribution is -0.129. The average Bonchev–Trinajstić information content (AvgIpc) is 3.17. The first-order chi connectivity index (χ1) is 20.4. The minimum Gasteiger partial charge on any atom is -0.496 e. The first kappa shape index (κ1) is 34.2. The van der Waals surface area contributed by atoms with E-state index in [1.807, 2.05) is 69.3 Å². The van der Waals surface area contributed by atoms with Crippen LogP contribution in [-0.4, -0.2) is 91.2 Å². The van der Waals surface area contributed by atoms with E-state index in [1.165, 1.54) is 28.7 Å². The molecule has 1 aliphatic carbocycles. The molecule has 1 saturated heterocycles. The summed E-state index contributed by atoms with van der Waals surface area (Å²) in [6.45, 7) is 12.4. The van der Waals surface area contributed by atoms with Crippen molar-refractivity contribution in [3.05, 3.63) is 93.5 Å². The maximum absolute atomic E-state index is 14.8. The van der Waals surface area contributed by atoms with Gasteiger partial charge in [0, 0.05) is 34.7 Å². The molecule has 1 heterocycles. The standard InChI is InChI=1S/C32H41FN4O4S2/c1-8-29(38)36-13-14-37(20-25(33)19-36)32(40)26-17-28(21(3)15-27(26)41-7)43-30(9-2)42-22(4)34-31(39)24-12-10-11-23(16-24)18-35(5)6/h8-12,15-17,21,25,28H,1,4,13-14,18-20H2,2-3,5-7H3,(H,34,39)/b30-9+/t21?,25-,28?/m0/s1. The van der Waals surface area contributed by atoms with Crippen LogP contribution < -0.4 is 5.32 Å². The number of methoxy groups -OCH3 is 1. The highest BCUT2D eigenvalue weighted by molar-refractivity contribution is 8.24. The Labute approximate surface area is 262 Å². The van der Waals surface area contributed by atoms with Crippen molar-refractivity contribution in [1.29, 1.82) is 0 Å². The molecule has 1 aromatic rings. The summed E-state index contributed by atoms with van der Waals surface area (Å²) in [7, 11) is 5.46. The van der Waals surface area contributed by atoms with Crippen LogP contribution in [0.3, 0.4) is 0 Å². The molecule has 1 aliphatic heterocycles. The second-order valence-corrected chi connectivity index (χ2v) is 13.2. The van der Waals surface area contributed by atoms with E-state index in [-0.39, 0.29) is 55.1 Å². The summed E-state index contributed by atoms with van der Waals surface area (Å²) in [5.41, 5.74) is 1.96. The molecule has 0 bridgehead atoms. The Kier molecular flexibility index (Phi) is 12.7. The number of nitrogens with zero attached hydrogens (tertiary/aromatic N) is 3. The van der Waals surface area contributed by atoms with Gasteiger partial charge in [-0.3, -0.25) is 14.4 Å². The van der Waals surface area contributed by atoms with Gasteiger partial charge in [-0.25, -0.2) is 4.39 Å². The molecular formula is C32H41FN4O4S2. The number of alkyl halides is 1. The molecule has 8 nitrogen and oxygen atoms in total. The summed E-state index contributed by atoms with van der Waals surface area (Å²) >= 11 is 2.90. The maximum atomic E-state index is 14.8. The Morgan fingerprint density at radius 2 is 1.88 bits per heavy atom. The first-order valence-corrected chi connectivity index (χ1v) is 15.7. The molecule has 3 amide bonds. The fraction of sp³-hybridized carbons (Fsp3) is 0.406. The topological polar surface area (TPSA) is 82.2 Å². The van der Waals surface area contributed by atoms with Crippen LogP contribution in [0.15, 0.2) is 82.3 Å². The summed E-state index contributed by atoms with van der Waals surface area (Å²) in [5.74, 6) is -0.474. The minimum atomic E-state index is -1.37. The summed E-state index contributed by atoms with van der Waals surface area (Å²) in [5, 5.41) is 3.24. The molecule has 2 aliphatic rings. The normalized spacial score (nSPS) is 21.0. The van der Waals surface area contributed by atoms with Gasteiger partial charge in [-0.05, 0) is 56.8 Å². The van der Waals surface area contributed by atoms with Gasteiger partial charge in [0.05, 0.1) is 30.8 Å². The number of thioether (sulfide) groups is 2. The number of hydrogen-bond donors (Lipinski definition) is 1. The number of carbonyl (C=O) groups excluding carboxylic acids is 3. The number of carbonyl (C=O) groups is 3. The van der Waals surface area contributed by atoms with E-state index in [1.54, 1.807) is 17.8 Å². The number of allylic oxidation sites excluding steroid dienone is 2. The highest BCUT2D eigenvalue weighted by atomic mass is 32.2. The fourth-order valence-corrected chi connectivity index (χ4v) is 7.00. The molecule has 1 fully saturated rings. The largest absolute Gasteiger partial charge is 0.496 e. The third-order valence-electron chi connectivity index (χ3n) is 6.88. The van der Waals surface area contributed by atoms with Crippen molar-refractivity contribution >= 4 is 41.2 Å². The van der Waals surface area contributed by atoms with Crippen molar-refractivity contribution in [3.8, 4) is 0 Å². The lowest BCUT2D eigenvalue weighted by atomic mass is 9.95. The second kappa shape index (κ2) is 16.0. The second-order valence-electron chi connectivity index (χ2n) is 10.6. The molecule has 3 atom stereocenters. The van der Waals surface area contributed by atoms with Gasteiger partial charge in [-0.1, -0.05) is 56.1 Å². The Morgan fingerprint density at radius 3 is 2.53 bits per heavy atom. The molecule has 0 aromatic heterocycles. The molecule has 232 valence electrons. The number of nitrogens with one attached hydrogen (secondary N) is 1. The van der Waals surface area contributed by atoms with Crippen molar-refractivity contribution in [2.75, 3.05) is 47.4 Å². The SMILES string of the molecule is C=CC(=O)N1CCN(C(=O)C2=CC(S/C(=C/C)SC(=C)NC(=O)c3cccc(CN(C)C)c3)C(C)C=C2OC)C[C@@H](F)C1. The van der Waals surface area contributed by atoms with Crippen LogP contribution in [0.2, 0.25) is 0 Å². The van der Waals surface area contributed by atoms with Crippen molar-refractivity contribution in [2.24, 2.45) is 5.92 Å². The Bertz CT molecular complexity index is 1330. The third-order valence-corrected chi connectivity index (χ3v) is 9.51. The highest BCUT2D eigenvalue weighted by Gasteiger charge is 2.33. The van der Waals surface area contributed by atoms with E-state index in [2.05, 4.69) is 18.5 Å². The Morgan fingerprint density at radius 1 is 1.19 bits per heavy atom. The molecule has 0 spiro atoms. The van der Waals surface area contributed by atoms with Crippen molar-refractivity contribution in [2.45, 2.75) is 31.8 Å². The van der Waals surface area contributed by atoms with E-state index in [4.69, 9.17) is 4.74 Å². The molecule has 1 aromatic carbocycles. The summed E-state index contributed by atoms with van der Waals surface area (Å²) < 4.78 is 21.2. The summed E-state index contributed by atoms with van der Waals surface area (Å²) in [6, 6.07) is 7.49. The van der Waals surface area contributed by atoms with E-state index in [0.717, 1.165) is 22.4 Å². The maximum Gasteiger partial charge on any atom is 0.257 e. The van der Waals surface area contributed by atoms with Gasteiger partial charge in [-0.15, -0.1) is 11.8 Å². The molecule has 2 unspecified atom stereocenters. The zero-order chi connectivity index (χ0) is 31.7. The van der Waals surface area contributed by atoms with Gasteiger partial charge < -0.3 is 24.8 Å². The molecule has 0 saturated carbocycles. The lowest BCUT2D eigenvalue weighted by Crippen LogP contribution is -2.39. The van der Waals surface area contributed by atoms with Gasteiger partial charge in [0.2, 0.25) is 5.91 Å². The molecule has 43 heavy (non-hydrogen) atoms. The van der Waals surface area contributed by atoms with Crippen LogP contribution in [-0.2, 0) is 20.9 Å². The Balaban J connectivity index is 1.69. The highest BCUT2D eigenvalue weighted by Crippen LogP contribution is 2.41. The number of benzene rings is 1. The molecule has 11 heteroatoms. The van der Waals surface area contributed by atoms with Gasteiger partial charge in [0.15, 0.2) is 0 Å². The third kappa shape index (κ3) is 9.61. The monoisotopic (exact) mass is 628 g/mol. The lowest BCUT2D eigenvalue weighted by Gasteiger charge is -2.29. The first-order valence-electron chi connectivity index (χ1n) is 14.0. The van der Waals surface area contributed by atoms with Crippen LogP contribution in [0, 0.1) is 5.92 Å². The minimum absolute atomic E-state index is 0.0214. The smallest absolute Gasteiger partial charge is 0.257 e. The van der Waals surface area contributed by atoms with Gasteiger partial charge in [0.1, 0.15) is 11.9 Å². The summed E-state index contributed by atoms with van der Waals surface area (Å²) in [6.07, 6.45) is 5.49. The van der Waals surface area contributed by atoms with E-state index < -0.39 is 6.17 Å². The van der Waals surface area contributed by atoms with E-state index in [0.29, 0.717) is 21.9 Å². The van der Waals surface area contributed by atoms with Gasteiger partial charge in [0.25, 0.3) is 11.8 Å². The number of rotatable bonds is 11. The predicted molar refractivity (Wildman–Crippen MR) is 174 cm³/mol. The predicted octanol–water partition coefficient (Wildman–Crippen LogP) is 4.95. The zero-order valence-electron chi connectivity index (χ0n) is 25.5. The van der Waals surface area contributed by atoms with Crippen molar-refractivity contribution < 1.29 is 23.5 Å². The molecule has 3 rings (SSSR count). The van der Waals surface area contributed by atoms with Gasteiger partial charge >= 0.3 is 0 Å². The van der Waals surface area contributed by atoms with E-state index in [9.17, 15) is 18.8 Å². The number of ether oxygens (including phenoxy) is 1. The van der Waals surface area contributed by atoms with Crippen LogP contribution >= 0.6 is 23.5 Å². The van der Waals surface area contributed by atoms with Crippen LogP contribution in [0.5, 0.6) is 0 Å². The Hall–Kier alpha value is -3.28. The van der Waals surface area contributed by atoms with Crippen molar-refractivity contribution in [3.63, 3.8) is 0 Å². The number of halogens is 1.